The molecule has 2 aromatic rings. The summed E-state index contributed by atoms with van der Waals surface area (Å²) in [5.41, 5.74) is 1.00. The quantitative estimate of drug-likeness (QED) is 0.594. The van der Waals surface area contributed by atoms with Gasteiger partial charge in [-0.2, -0.15) is 5.26 Å². The van der Waals surface area contributed by atoms with Gasteiger partial charge in [0, 0.05) is 5.69 Å². The largest absolute Gasteiger partial charge is 0.490 e. The van der Waals surface area contributed by atoms with Crippen LogP contribution in [0.3, 0.4) is 0 Å². The average molecular weight is 371 g/mol. The summed E-state index contributed by atoms with van der Waals surface area (Å²) < 4.78 is 10.3. The minimum absolute atomic E-state index is 0.223. The van der Waals surface area contributed by atoms with E-state index in [2.05, 4.69) is 11.9 Å². The van der Waals surface area contributed by atoms with Gasteiger partial charge in [-0.1, -0.05) is 24.3 Å². The molecule has 0 aromatic heterocycles. The second-order valence-corrected chi connectivity index (χ2v) is 5.46. The third-order valence-electron chi connectivity index (χ3n) is 3.17. The molecule has 2 aromatic carbocycles. The SMILES string of the molecule is C=CCOc1ccc(C(=O)OCC(=O)Nc2ccc(C#N)c(Cl)c2)cc1. The Bertz CT molecular complexity index is 857. The number of carbonyl (C=O) groups excluding carboxylic acids is 2. The van der Waals surface area contributed by atoms with Gasteiger partial charge in [-0.15, -0.1) is 0 Å². The molecule has 26 heavy (non-hydrogen) atoms. The van der Waals surface area contributed by atoms with Gasteiger partial charge in [0.05, 0.1) is 16.1 Å². The van der Waals surface area contributed by atoms with Gasteiger partial charge in [0.1, 0.15) is 18.4 Å². The van der Waals surface area contributed by atoms with Crippen molar-refractivity contribution in [3.8, 4) is 11.8 Å². The monoisotopic (exact) mass is 370 g/mol. The summed E-state index contributed by atoms with van der Waals surface area (Å²) in [5, 5.41) is 11.6. The Morgan fingerprint density at radius 2 is 1.96 bits per heavy atom. The molecule has 0 spiro atoms. The maximum Gasteiger partial charge on any atom is 0.338 e. The van der Waals surface area contributed by atoms with Crippen LogP contribution < -0.4 is 10.1 Å². The summed E-state index contributed by atoms with van der Waals surface area (Å²) in [7, 11) is 0. The van der Waals surface area contributed by atoms with Crippen LogP contribution in [0.2, 0.25) is 5.02 Å². The predicted molar refractivity (Wildman–Crippen MR) is 97.2 cm³/mol. The van der Waals surface area contributed by atoms with Crippen molar-refractivity contribution in [1.82, 2.24) is 0 Å². The van der Waals surface area contributed by atoms with Gasteiger partial charge in [0.25, 0.3) is 5.91 Å². The molecule has 0 aliphatic carbocycles. The second-order valence-electron chi connectivity index (χ2n) is 5.05. The number of hydrogen-bond donors (Lipinski definition) is 1. The highest BCUT2D eigenvalue weighted by Crippen LogP contribution is 2.20. The third kappa shape index (κ3) is 5.36. The van der Waals surface area contributed by atoms with Crippen molar-refractivity contribution in [3.63, 3.8) is 0 Å². The number of hydrogen-bond acceptors (Lipinski definition) is 5. The lowest BCUT2D eigenvalue weighted by Crippen LogP contribution is -2.20. The Morgan fingerprint density at radius 3 is 2.58 bits per heavy atom. The van der Waals surface area contributed by atoms with Crippen LogP contribution >= 0.6 is 11.6 Å². The van der Waals surface area contributed by atoms with Crippen molar-refractivity contribution in [2.45, 2.75) is 0 Å². The van der Waals surface area contributed by atoms with Crippen LogP contribution in [0.1, 0.15) is 15.9 Å². The summed E-state index contributed by atoms with van der Waals surface area (Å²) in [6.07, 6.45) is 1.61. The molecule has 0 aliphatic rings. The van der Waals surface area contributed by atoms with E-state index >= 15 is 0 Å². The van der Waals surface area contributed by atoms with Crippen LogP contribution in [-0.2, 0) is 9.53 Å². The van der Waals surface area contributed by atoms with Crippen molar-refractivity contribution >= 4 is 29.2 Å². The number of carbonyl (C=O) groups is 2. The van der Waals surface area contributed by atoms with E-state index < -0.39 is 18.5 Å². The molecule has 7 heteroatoms. The molecule has 0 radical (unpaired) electrons. The number of nitriles is 1. The van der Waals surface area contributed by atoms with Crippen molar-refractivity contribution in [3.05, 3.63) is 71.3 Å². The van der Waals surface area contributed by atoms with Crippen LogP contribution in [0, 0.1) is 11.3 Å². The zero-order valence-corrected chi connectivity index (χ0v) is 14.5. The molecule has 0 fully saturated rings. The number of benzene rings is 2. The topological polar surface area (TPSA) is 88.4 Å². The van der Waals surface area contributed by atoms with Gasteiger partial charge in [0.15, 0.2) is 6.61 Å². The second kappa shape index (κ2) is 9.25. The molecule has 0 unspecified atom stereocenters. The van der Waals surface area contributed by atoms with Gasteiger partial charge < -0.3 is 14.8 Å². The van der Waals surface area contributed by atoms with E-state index in [1.807, 2.05) is 6.07 Å². The lowest BCUT2D eigenvalue weighted by atomic mass is 10.2. The predicted octanol–water partition coefficient (Wildman–Crippen LogP) is 3.57. The van der Waals surface area contributed by atoms with Crippen LogP contribution in [-0.4, -0.2) is 25.1 Å². The van der Waals surface area contributed by atoms with Crippen molar-refractivity contribution in [2.75, 3.05) is 18.5 Å². The molecule has 0 bridgehead atoms. The highest BCUT2D eigenvalue weighted by Gasteiger charge is 2.11. The lowest BCUT2D eigenvalue weighted by Gasteiger charge is -2.08. The molecule has 132 valence electrons. The van der Waals surface area contributed by atoms with E-state index in [-0.39, 0.29) is 5.02 Å². The molecule has 0 heterocycles. The van der Waals surface area contributed by atoms with Crippen LogP contribution in [0.15, 0.2) is 55.1 Å². The number of rotatable bonds is 7. The van der Waals surface area contributed by atoms with Crippen molar-refractivity contribution in [1.29, 1.82) is 5.26 Å². The number of nitrogens with zero attached hydrogens (tertiary/aromatic N) is 1. The first-order valence-corrected chi connectivity index (χ1v) is 7.91. The van der Waals surface area contributed by atoms with Crippen molar-refractivity contribution in [2.24, 2.45) is 0 Å². The molecule has 6 nitrogen and oxygen atoms in total. The molecule has 0 atom stereocenters. The normalized spacial score (nSPS) is 9.69. The van der Waals surface area contributed by atoms with E-state index in [0.29, 0.717) is 29.2 Å². The van der Waals surface area contributed by atoms with Gasteiger partial charge in [-0.25, -0.2) is 4.79 Å². The summed E-state index contributed by atoms with van der Waals surface area (Å²) in [6.45, 7) is 3.46. The zero-order valence-electron chi connectivity index (χ0n) is 13.7. The standard InChI is InChI=1S/C19H15ClN2O4/c1-2-9-25-16-7-4-13(5-8-16)19(24)26-12-18(23)22-15-6-3-14(11-21)17(20)10-15/h2-8,10H,1,9,12H2,(H,22,23). The van der Waals surface area contributed by atoms with E-state index in [4.69, 9.17) is 26.3 Å². The molecule has 1 N–H and O–H groups in total. The van der Waals surface area contributed by atoms with Crippen molar-refractivity contribution < 1.29 is 19.1 Å². The molecular weight excluding hydrogens is 356 g/mol. The number of halogens is 1. The minimum Gasteiger partial charge on any atom is -0.490 e. The smallest absolute Gasteiger partial charge is 0.338 e. The first-order chi connectivity index (χ1) is 12.5. The summed E-state index contributed by atoms with van der Waals surface area (Å²) in [5.74, 6) is -0.560. The molecule has 2 rings (SSSR count). The Kier molecular flexibility index (Phi) is 6.77. The lowest BCUT2D eigenvalue weighted by molar-refractivity contribution is -0.119. The van der Waals surface area contributed by atoms with Gasteiger partial charge >= 0.3 is 5.97 Å². The highest BCUT2D eigenvalue weighted by molar-refractivity contribution is 6.32. The summed E-state index contributed by atoms with van der Waals surface area (Å²) >= 11 is 5.89. The number of ether oxygens (including phenoxy) is 2. The van der Waals surface area contributed by atoms with Crippen LogP contribution in [0.5, 0.6) is 5.75 Å². The fraction of sp³-hybridized carbons (Fsp3) is 0.105. The van der Waals surface area contributed by atoms with Gasteiger partial charge in [-0.05, 0) is 42.5 Å². The Hall–Kier alpha value is -3.30. The molecule has 0 aliphatic heterocycles. The van der Waals surface area contributed by atoms with E-state index in [1.54, 1.807) is 30.3 Å². The number of esters is 1. The van der Waals surface area contributed by atoms with E-state index in [9.17, 15) is 9.59 Å². The number of amides is 1. The van der Waals surface area contributed by atoms with Gasteiger partial charge in [0.2, 0.25) is 0 Å². The van der Waals surface area contributed by atoms with E-state index in [0.717, 1.165) is 0 Å². The Labute approximate surface area is 155 Å². The zero-order chi connectivity index (χ0) is 18.9. The highest BCUT2D eigenvalue weighted by atomic mass is 35.5. The Balaban J connectivity index is 1.86. The maximum absolute atomic E-state index is 11.9. The molecule has 1 amide bonds. The number of anilines is 1. The first kappa shape index (κ1) is 19.0. The van der Waals surface area contributed by atoms with Crippen LogP contribution in [0.25, 0.3) is 0 Å². The summed E-state index contributed by atoms with van der Waals surface area (Å²) in [6, 6.07) is 12.7. The molecule has 0 saturated carbocycles. The molecule has 0 saturated heterocycles. The average Bonchev–Trinajstić information content (AvgIpc) is 2.65. The number of nitrogens with one attached hydrogen (secondary N) is 1. The fourth-order valence-electron chi connectivity index (χ4n) is 1.94. The van der Waals surface area contributed by atoms with Crippen LogP contribution in [0.4, 0.5) is 5.69 Å². The minimum atomic E-state index is -0.631. The Morgan fingerprint density at radius 1 is 1.23 bits per heavy atom. The summed E-state index contributed by atoms with van der Waals surface area (Å²) in [4.78, 5) is 23.8. The third-order valence-corrected chi connectivity index (χ3v) is 3.48. The first-order valence-electron chi connectivity index (χ1n) is 7.54. The maximum atomic E-state index is 11.9. The van der Waals surface area contributed by atoms with E-state index in [1.165, 1.54) is 18.2 Å². The molecular formula is C19H15ClN2O4. The van der Waals surface area contributed by atoms with Gasteiger partial charge in [-0.3, -0.25) is 4.79 Å². The fourth-order valence-corrected chi connectivity index (χ4v) is 2.16.